The minimum Gasteiger partial charge on any atom is -0.492 e. The average molecular weight is 298 g/mol. The van der Waals surface area contributed by atoms with Crippen molar-refractivity contribution in [3.8, 4) is 17.9 Å². The van der Waals surface area contributed by atoms with Crippen LogP contribution in [-0.4, -0.2) is 32.9 Å². The molecule has 1 aromatic carbocycles. The first-order chi connectivity index (χ1) is 9.38. The van der Waals surface area contributed by atoms with Gasteiger partial charge in [0.15, 0.2) is 11.6 Å². The number of nitrogen functional groups attached to an aromatic ring is 1. The van der Waals surface area contributed by atoms with Gasteiger partial charge in [-0.3, -0.25) is 0 Å². The van der Waals surface area contributed by atoms with Gasteiger partial charge in [0.25, 0.3) is 0 Å². The lowest BCUT2D eigenvalue weighted by atomic mass is 10.3. The molecule has 0 bridgehead atoms. The van der Waals surface area contributed by atoms with E-state index in [1.165, 1.54) is 7.11 Å². The molecule has 106 valence electrons. The van der Waals surface area contributed by atoms with E-state index in [2.05, 4.69) is 4.74 Å². The maximum atomic E-state index is 13.7. The van der Waals surface area contributed by atoms with Crippen molar-refractivity contribution < 1.29 is 17.5 Å². The molecular weight excluding hydrogens is 287 g/mol. The molecule has 0 aliphatic rings. The minimum atomic E-state index is -4.18. The molecule has 0 aromatic heterocycles. The van der Waals surface area contributed by atoms with Crippen molar-refractivity contribution >= 4 is 15.7 Å². The third kappa shape index (κ3) is 2.96. The first kappa shape index (κ1) is 15.7. The van der Waals surface area contributed by atoms with Gasteiger partial charge in [0.2, 0.25) is 10.0 Å². The summed E-state index contributed by atoms with van der Waals surface area (Å²) in [5, 5.41) is 17.2. The predicted octanol–water partition coefficient (Wildman–Crippen LogP) is 0.454. The fourth-order valence-corrected chi connectivity index (χ4v) is 2.77. The Labute approximate surface area is 115 Å². The van der Waals surface area contributed by atoms with Crippen molar-refractivity contribution in [3.63, 3.8) is 0 Å². The Morgan fingerprint density at radius 2 is 1.90 bits per heavy atom. The van der Waals surface area contributed by atoms with Crippen molar-refractivity contribution in [2.45, 2.75) is 4.90 Å². The van der Waals surface area contributed by atoms with Gasteiger partial charge in [0.1, 0.15) is 13.1 Å². The maximum absolute atomic E-state index is 13.7. The number of anilines is 1. The van der Waals surface area contributed by atoms with Crippen LogP contribution in [0.2, 0.25) is 0 Å². The number of nitrogens with zero attached hydrogens (tertiary/aromatic N) is 3. The Hall–Kier alpha value is -2.36. The van der Waals surface area contributed by atoms with Gasteiger partial charge in [-0.25, -0.2) is 12.8 Å². The average Bonchev–Trinajstić information content (AvgIpc) is 2.38. The van der Waals surface area contributed by atoms with Gasteiger partial charge >= 0.3 is 0 Å². The van der Waals surface area contributed by atoms with Crippen LogP contribution >= 0.6 is 0 Å². The largest absolute Gasteiger partial charge is 0.492 e. The molecule has 0 heterocycles. The molecule has 0 saturated heterocycles. The van der Waals surface area contributed by atoms with E-state index >= 15 is 0 Å². The number of sulfonamides is 1. The normalized spacial score (nSPS) is 10.8. The van der Waals surface area contributed by atoms with Crippen molar-refractivity contribution in [2.75, 3.05) is 25.9 Å². The summed E-state index contributed by atoms with van der Waals surface area (Å²) in [6.07, 6.45) is 0. The highest BCUT2D eigenvalue weighted by Gasteiger charge is 2.26. The first-order valence-corrected chi connectivity index (χ1v) is 6.69. The molecule has 1 aromatic rings. The van der Waals surface area contributed by atoms with Gasteiger partial charge in [-0.2, -0.15) is 14.8 Å². The van der Waals surface area contributed by atoms with Crippen LogP contribution in [0.1, 0.15) is 0 Å². The number of nitrogens with two attached hydrogens (primary N) is 1. The van der Waals surface area contributed by atoms with Crippen LogP contribution in [0.15, 0.2) is 17.0 Å². The highest BCUT2D eigenvalue weighted by Crippen LogP contribution is 2.29. The lowest BCUT2D eigenvalue weighted by Gasteiger charge is -2.17. The molecule has 20 heavy (non-hydrogen) atoms. The Morgan fingerprint density at radius 3 is 2.30 bits per heavy atom. The molecule has 0 aliphatic carbocycles. The molecule has 0 radical (unpaired) electrons. The fraction of sp³-hybridized carbons (Fsp3) is 0.273. The van der Waals surface area contributed by atoms with Crippen LogP contribution in [0.3, 0.4) is 0 Å². The first-order valence-electron chi connectivity index (χ1n) is 5.25. The molecule has 0 fully saturated rings. The number of ether oxygens (including phenoxy) is 1. The van der Waals surface area contributed by atoms with Gasteiger partial charge in [0, 0.05) is 0 Å². The number of hydrogen-bond acceptors (Lipinski definition) is 6. The molecule has 7 nitrogen and oxygen atoms in total. The summed E-state index contributed by atoms with van der Waals surface area (Å²) < 4.78 is 43.3. The van der Waals surface area contributed by atoms with E-state index in [-0.39, 0.29) is 11.4 Å². The number of nitriles is 2. The summed E-state index contributed by atoms with van der Waals surface area (Å²) in [4.78, 5) is -0.446. The van der Waals surface area contributed by atoms with E-state index in [0.717, 1.165) is 12.1 Å². The molecule has 0 atom stereocenters. The Bertz CT molecular complexity index is 652. The van der Waals surface area contributed by atoms with E-state index in [1.54, 1.807) is 12.1 Å². The quantitative estimate of drug-likeness (QED) is 0.622. The summed E-state index contributed by atoms with van der Waals surface area (Å²) in [6.45, 7) is -1.05. The number of halogens is 1. The van der Waals surface area contributed by atoms with Crippen LogP contribution in [0.4, 0.5) is 10.1 Å². The van der Waals surface area contributed by atoms with Crippen molar-refractivity contribution in [1.29, 1.82) is 10.5 Å². The lowest BCUT2D eigenvalue weighted by Crippen LogP contribution is -2.32. The standard InChI is InChI=1S/C11H11FN4O3S/c1-19-11-9(12)6-8(7-10(11)15)20(17,18)16(4-2-13)5-3-14/h6-7H,4-5,15H2,1H3. The summed E-state index contributed by atoms with van der Waals surface area (Å²) in [5.41, 5.74) is 5.30. The molecule has 0 saturated carbocycles. The smallest absolute Gasteiger partial charge is 0.245 e. The second kappa shape index (κ2) is 6.19. The summed E-state index contributed by atoms with van der Waals surface area (Å²) in [7, 11) is -2.99. The molecule has 0 aliphatic heterocycles. The third-order valence-corrected chi connectivity index (χ3v) is 4.15. The van der Waals surface area contributed by atoms with Gasteiger partial charge in [-0.15, -0.1) is 0 Å². The Kier molecular flexibility index (Phi) is 4.86. The second-order valence-electron chi connectivity index (χ2n) is 3.62. The predicted molar refractivity (Wildman–Crippen MR) is 67.3 cm³/mol. The second-order valence-corrected chi connectivity index (χ2v) is 5.55. The molecular formula is C11H11FN4O3S. The Balaban J connectivity index is 3.36. The molecule has 0 spiro atoms. The zero-order valence-corrected chi connectivity index (χ0v) is 11.3. The highest BCUT2D eigenvalue weighted by atomic mass is 32.2. The van der Waals surface area contributed by atoms with Gasteiger partial charge in [-0.1, -0.05) is 0 Å². The minimum absolute atomic E-state index is 0.194. The molecule has 0 amide bonds. The zero-order valence-electron chi connectivity index (χ0n) is 10.5. The van der Waals surface area contributed by atoms with Gasteiger partial charge < -0.3 is 10.5 Å². The molecule has 1 rings (SSSR count). The van der Waals surface area contributed by atoms with Gasteiger partial charge in [-0.05, 0) is 12.1 Å². The van der Waals surface area contributed by atoms with Crippen molar-refractivity contribution in [2.24, 2.45) is 0 Å². The lowest BCUT2D eigenvalue weighted by molar-refractivity contribution is 0.387. The molecule has 0 unspecified atom stereocenters. The molecule has 2 N–H and O–H groups in total. The zero-order chi connectivity index (χ0) is 15.3. The van der Waals surface area contributed by atoms with Crippen LogP contribution in [0.5, 0.6) is 5.75 Å². The van der Waals surface area contributed by atoms with E-state index in [9.17, 15) is 12.8 Å². The van der Waals surface area contributed by atoms with E-state index in [4.69, 9.17) is 16.3 Å². The van der Waals surface area contributed by atoms with Crippen LogP contribution in [0.25, 0.3) is 0 Å². The van der Waals surface area contributed by atoms with Crippen molar-refractivity contribution in [1.82, 2.24) is 4.31 Å². The van der Waals surface area contributed by atoms with E-state index in [0.29, 0.717) is 4.31 Å². The topological polar surface area (TPSA) is 120 Å². The fourth-order valence-electron chi connectivity index (χ4n) is 1.49. The van der Waals surface area contributed by atoms with Crippen molar-refractivity contribution in [3.05, 3.63) is 17.9 Å². The van der Waals surface area contributed by atoms with Crippen LogP contribution < -0.4 is 10.5 Å². The summed E-state index contributed by atoms with van der Waals surface area (Å²) in [5.74, 6) is -1.21. The number of hydrogen-bond donors (Lipinski definition) is 1. The number of methoxy groups -OCH3 is 1. The summed E-state index contributed by atoms with van der Waals surface area (Å²) in [6, 6.07) is 4.99. The Morgan fingerprint density at radius 1 is 1.35 bits per heavy atom. The third-order valence-electron chi connectivity index (χ3n) is 2.38. The van der Waals surface area contributed by atoms with Gasteiger partial charge in [0.05, 0.1) is 29.8 Å². The number of benzene rings is 1. The van der Waals surface area contributed by atoms with E-state index < -0.39 is 33.8 Å². The van der Waals surface area contributed by atoms with Crippen LogP contribution in [0, 0.1) is 28.5 Å². The van der Waals surface area contributed by atoms with Crippen LogP contribution in [-0.2, 0) is 10.0 Å². The number of rotatable bonds is 5. The highest BCUT2D eigenvalue weighted by molar-refractivity contribution is 7.89. The monoisotopic (exact) mass is 298 g/mol. The summed E-state index contributed by atoms with van der Waals surface area (Å²) >= 11 is 0. The SMILES string of the molecule is COc1c(N)cc(S(=O)(=O)N(CC#N)CC#N)cc1F. The maximum Gasteiger partial charge on any atom is 0.245 e. The van der Waals surface area contributed by atoms with E-state index in [1.807, 2.05) is 0 Å². The molecule has 9 heteroatoms.